The van der Waals surface area contributed by atoms with Crippen LogP contribution in [0.5, 0.6) is 0 Å². The Labute approximate surface area is 62.6 Å². The molecule has 1 aromatic rings. The summed E-state index contributed by atoms with van der Waals surface area (Å²) in [4.78, 5) is 18.7. The summed E-state index contributed by atoms with van der Waals surface area (Å²) in [7, 11) is 0. The second-order valence-corrected chi connectivity index (χ2v) is 2.24. The summed E-state index contributed by atoms with van der Waals surface area (Å²) in [5.74, 6) is -0.249. The average Bonchev–Trinajstić information content (AvgIpc) is 2.30. The van der Waals surface area contributed by atoms with Crippen molar-refractivity contribution >= 4 is 5.91 Å². The third-order valence-electron chi connectivity index (χ3n) is 1.52. The van der Waals surface area contributed by atoms with Crippen molar-refractivity contribution in [3.05, 3.63) is 23.8 Å². The summed E-state index contributed by atoms with van der Waals surface area (Å²) in [5, 5.41) is 2.50. The maximum Gasteiger partial charge on any atom is 0.273 e. The van der Waals surface area contributed by atoms with Gasteiger partial charge in [0, 0.05) is 12.4 Å². The van der Waals surface area contributed by atoms with Crippen molar-refractivity contribution in [2.45, 2.75) is 6.17 Å². The van der Waals surface area contributed by atoms with Crippen molar-refractivity contribution in [1.29, 1.82) is 0 Å². The topological polar surface area (TPSA) is 80.9 Å². The van der Waals surface area contributed by atoms with Gasteiger partial charge in [0.1, 0.15) is 11.9 Å². The molecule has 3 N–H and O–H groups in total. The molecule has 0 spiro atoms. The van der Waals surface area contributed by atoms with Crippen LogP contribution in [-0.4, -0.2) is 15.9 Å². The summed E-state index contributed by atoms with van der Waals surface area (Å²) in [6.07, 6.45) is 2.49. The predicted octanol–water partition coefficient (Wildman–Crippen LogP) is -0.823. The van der Waals surface area contributed by atoms with Crippen LogP contribution in [0.15, 0.2) is 12.4 Å². The number of nitrogens with one attached hydrogen (secondary N) is 1. The number of nitrogens with zero attached hydrogens (tertiary/aromatic N) is 2. The molecular formula is C6H6N4O. The fourth-order valence-electron chi connectivity index (χ4n) is 1.03. The first-order valence-corrected chi connectivity index (χ1v) is 3.16. The molecule has 5 heteroatoms. The second-order valence-electron chi connectivity index (χ2n) is 2.24. The van der Waals surface area contributed by atoms with E-state index in [2.05, 4.69) is 15.3 Å². The number of carbonyl (C=O) groups is 1. The summed E-state index contributed by atoms with van der Waals surface area (Å²) < 4.78 is 0. The van der Waals surface area contributed by atoms with Crippen LogP contribution in [0.3, 0.4) is 0 Å². The Balaban J connectivity index is 2.60. The van der Waals surface area contributed by atoms with Crippen LogP contribution in [0, 0.1) is 0 Å². The van der Waals surface area contributed by atoms with E-state index in [0.717, 1.165) is 0 Å². The first kappa shape index (κ1) is 6.23. The first-order valence-electron chi connectivity index (χ1n) is 3.16. The van der Waals surface area contributed by atoms with E-state index in [4.69, 9.17) is 5.73 Å². The zero-order chi connectivity index (χ0) is 7.84. The number of aromatic nitrogens is 2. The van der Waals surface area contributed by atoms with Gasteiger partial charge < -0.3 is 11.1 Å². The highest BCUT2D eigenvalue weighted by Gasteiger charge is 2.27. The van der Waals surface area contributed by atoms with Crippen molar-refractivity contribution < 1.29 is 4.79 Å². The van der Waals surface area contributed by atoms with Crippen LogP contribution in [0.2, 0.25) is 0 Å². The molecular weight excluding hydrogens is 144 g/mol. The van der Waals surface area contributed by atoms with Gasteiger partial charge in [-0.3, -0.25) is 9.78 Å². The van der Waals surface area contributed by atoms with Gasteiger partial charge in [0.05, 0.1) is 0 Å². The van der Waals surface area contributed by atoms with Gasteiger partial charge in [0.25, 0.3) is 5.91 Å². The van der Waals surface area contributed by atoms with Gasteiger partial charge in [-0.1, -0.05) is 0 Å². The molecule has 0 saturated carbocycles. The number of rotatable bonds is 0. The Hall–Kier alpha value is -1.49. The van der Waals surface area contributed by atoms with Crippen LogP contribution in [0.25, 0.3) is 0 Å². The number of hydrogen-bond donors (Lipinski definition) is 2. The van der Waals surface area contributed by atoms with Gasteiger partial charge in [0.15, 0.2) is 5.69 Å². The number of amides is 1. The zero-order valence-corrected chi connectivity index (χ0v) is 5.61. The van der Waals surface area contributed by atoms with Crippen molar-refractivity contribution in [1.82, 2.24) is 15.3 Å². The molecule has 0 aliphatic carbocycles. The zero-order valence-electron chi connectivity index (χ0n) is 5.61. The van der Waals surface area contributed by atoms with E-state index >= 15 is 0 Å². The minimum atomic E-state index is -0.494. The Morgan fingerprint density at radius 3 is 2.91 bits per heavy atom. The molecule has 5 nitrogen and oxygen atoms in total. The van der Waals surface area contributed by atoms with E-state index in [1.165, 1.54) is 12.4 Å². The quantitative estimate of drug-likeness (QED) is 0.506. The van der Waals surface area contributed by atoms with Gasteiger partial charge in [-0.25, -0.2) is 4.98 Å². The van der Waals surface area contributed by atoms with E-state index in [1.807, 2.05) is 0 Å². The predicted molar refractivity (Wildman–Crippen MR) is 36.4 cm³/mol. The van der Waals surface area contributed by atoms with Crippen molar-refractivity contribution in [2.75, 3.05) is 0 Å². The monoisotopic (exact) mass is 150 g/mol. The maximum atomic E-state index is 11.0. The number of hydrogen-bond acceptors (Lipinski definition) is 4. The standard InChI is InChI=1S/C6H6N4O/c7-5-3-4(6(11)10-5)9-2-1-8-3/h1-2,5H,7H2,(H,10,11). The van der Waals surface area contributed by atoms with Crippen LogP contribution >= 0.6 is 0 Å². The van der Waals surface area contributed by atoms with E-state index in [1.54, 1.807) is 0 Å². The summed E-state index contributed by atoms with van der Waals surface area (Å²) in [6.45, 7) is 0. The molecule has 2 heterocycles. The third-order valence-corrected chi connectivity index (χ3v) is 1.52. The fraction of sp³-hybridized carbons (Fsp3) is 0.167. The smallest absolute Gasteiger partial charge is 0.273 e. The van der Waals surface area contributed by atoms with Crippen LogP contribution in [0.4, 0.5) is 0 Å². The van der Waals surface area contributed by atoms with Gasteiger partial charge in [-0.05, 0) is 0 Å². The third kappa shape index (κ3) is 0.779. The minimum Gasteiger partial charge on any atom is -0.330 e. The highest BCUT2D eigenvalue weighted by atomic mass is 16.2. The van der Waals surface area contributed by atoms with Crippen molar-refractivity contribution in [2.24, 2.45) is 5.73 Å². The SMILES string of the molecule is NC1NC(=O)c2nccnc21. The first-order chi connectivity index (χ1) is 5.29. The van der Waals surface area contributed by atoms with Gasteiger partial charge >= 0.3 is 0 Å². The molecule has 0 radical (unpaired) electrons. The molecule has 11 heavy (non-hydrogen) atoms. The molecule has 0 saturated heterocycles. The number of carbonyl (C=O) groups excluding carboxylic acids is 1. The maximum absolute atomic E-state index is 11.0. The summed E-state index contributed by atoms with van der Waals surface area (Å²) in [5.41, 5.74) is 6.36. The summed E-state index contributed by atoms with van der Waals surface area (Å²) in [6, 6.07) is 0. The molecule has 0 fully saturated rings. The van der Waals surface area contributed by atoms with E-state index in [-0.39, 0.29) is 5.91 Å². The van der Waals surface area contributed by atoms with E-state index in [9.17, 15) is 4.79 Å². The second kappa shape index (κ2) is 2.00. The largest absolute Gasteiger partial charge is 0.330 e. The van der Waals surface area contributed by atoms with Crippen LogP contribution in [0.1, 0.15) is 22.3 Å². The molecule has 0 aromatic carbocycles. The average molecular weight is 150 g/mol. The highest BCUT2D eigenvalue weighted by molar-refractivity contribution is 5.96. The van der Waals surface area contributed by atoms with E-state index < -0.39 is 6.17 Å². The minimum absolute atomic E-state index is 0.249. The van der Waals surface area contributed by atoms with Crippen LogP contribution in [-0.2, 0) is 0 Å². The lowest BCUT2D eigenvalue weighted by atomic mass is 10.3. The van der Waals surface area contributed by atoms with Gasteiger partial charge in [-0.15, -0.1) is 0 Å². The Morgan fingerprint density at radius 2 is 2.18 bits per heavy atom. The van der Waals surface area contributed by atoms with E-state index in [0.29, 0.717) is 11.4 Å². The van der Waals surface area contributed by atoms with Crippen molar-refractivity contribution in [3.63, 3.8) is 0 Å². The lowest BCUT2D eigenvalue weighted by Gasteiger charge is -1.99. The van der Waals surface area contributed by atoms with Gasteiger partial charge in [0.2, 0.25) is 0 Å². The number of nitrogens with two attached hydrogens (primary N) is 1. The molecule has 56 valence electrons. The van der Waals surface area contributed by atoms with Crippen molar-refractivity contribution in [3.8, 4) is 0 Å². The molecule has 0 bridgehead atoms. The Bertz CT molecular complexity index is 311. The normalized spacial score (nSPS) is 21.2. The highest BCUT2D eigenvalue weighted by Crippen LogP contribution is 2.14. The lowest BCUT2D eigenvalue weighted by molar-refractivity contribution is 0.0953. The molecule has 2 rings (SSSR count). The molecule has 1 amide bonds. The fourth-order valence-corrected chi connectivity index (χ4v) is 1.03. The lowest BCUT2D eigenvalue weighted by Crippen LogP contribution is -2.25. The number of fused-ring (bicyclic) bond motifs is 1. The van der Waals surface area contributed by atoms with Crippen LogP contribution < -0.4 is 11.1 Å². The summed E-state index contributed by atoms with van der Waals surface area (Å²) >= 11 is 0. The molecule has 1 unspecified atom stereocenters. The molecule has 1 aromatic heterocycles. The Morgan fingerprint density at radius 1 is 1.45 bits per heavy atom. The van der Waals surface area contributed by atoms with Gasteiger partial charge in [-0.2, -0.15) is 0 Å². The molecule has 1 atom stereocenters. The molecule has 1 aliphatic heterocycles. The Kier molecular flexibility index (Phi) is 1.13. The molecule has 1 aliphatic rings.